The van der Waals surface area contributed by atoms with Crippen LogP contribution >= 0.6 is 0 Å². The van der Waals surface area contributed by atoms with Gasteiger partial charge in [-0.05, 0) is 59.8 Å². The summed E-state index contributed by atoms with van der Waals surface area (Å²) in [5.41, 5.74) is 4.54. The van der Waals surface area contributed by atoms with E-state index in [-0.39, 0.29) is 24.4 Å². The van der Waals surface area contributed by atoms with Crippen LogP contribution in [0.25, 0.3) is 11.1 Å². The molecule has 3 N–H and O–H groups in total. The van der Waals surface area contributed by atoms with Gasteiger partial charge in [0, 0.05) is 5.92 Å². The number of hydrogen-bond acceptors (Lipinski definition) is 4. The molecule has 0 radical (unpaired) electrons. The zero-order valence-electron chi connectivity index (χ0n) is 19.7. The number of carbonyl (C=O) groups is 3. The van der Waals surface area contributed by atoms with E-state index in [9.17, 15) is 19.5 Å². The molecule has 2 atom stereocenters. The fourth-order valence-electron chi connectivity index (χ4n) is 5.69. The van der Waals surface area contributed by atoms with Gasteiger partial charge in [0.25, 0.3) is 0 Å². The average molecular weight is 477 g/mol. The predicted octanol–water partition coefficient (Wildman–Crippen LogP) is 4.45. The summed E-state index contributed by atoms with van der Waals surface area (Å²) >= 11 is 0. The van der Waals surface area contributed by atoms with Crippen LogP contribution in [0.2, 0.25) is 0 Å². The minimum atomic E-state index is -1.01. The Bertz CT molecular complexity index is 1060. The first-order valence-corrected chi connectivity index (χ1v) is 12.7. The molecule has 2 unspecified atom stereocenters. The van der Waals surface area contributed by atoms with Gasteiger partial charge in [-0.1, -0.05) is 67.8 Å². The Morgan fingerprint density at radius 3 is 1.94 bits per heavy atom. The van der Waals surface area contributed by atoms with E-state index in [1.807, 2.05) is 24.3 Å². The minimum absolute atomic E-state index is 0.0104. The number of carboxylic acids is 1. The van der Waals surface area contributed by atoms with Crippen molar-refractivity contribution in [3.8, 4) is 11.1 Å². The lowest BCUT2D eigenvalue weighted by Gasteiger charge is -2.29. The second-order valence-corrected chi connectivity index (χ2v) is 10.0. The van der Waals surface area contributed by atoms with Crippen molar-refractivity contribution in [1.29, 1.82) is 0 Å². The van der Waals surface area contributed by atoms with Crippen LogP contribution in [0.4, 0.5) is 4.79 Å². The molecule has 2 fully saturated rings. The zero-order valence-corrected chi connectivity index (χ0v) is 19.7. The van der Waals surface area contributed by atoms with E-state index < -0.39 is 30.1 Å². The van der Waals surface area contributed by atoms with Crippen LogP contribution in [-0.4, -0.2) is 41.8 Å². The van der Waals surface area contributed by atoms with E-state index in [0.717, 1.165) is 67.2 Å². The number of ether oxygens (including phenoxy) is 1. The number of hydrogen-bond donors (Lipinski definition) is 3. The van der Waals surface area contributed by atoms with Crippen molar-refractivity contribution in [3.63, 3.8) is 0 Å². The molecule has 2 amide bonds. The van der Waals surface area contributed by atoms with Crippen LogP contribution in [0.3, 0.4) is 0 Å². The Morgan fingerprint density at radius 1 is 0.800 bits per heavy atom. The monoisotopic (exact) mass is 476 g/mol. The van der Waals surface area contributed by atoms with Crippen LogP contribution in [-0.2, 0) is 14.3 Å². The maximum absolute atomic E-state index is 13.1. The zero-order chi connectivity index (χ0) is 24.4. The van der Waals surface area contributed by atoms with Crippen LogP contribution < -0.4 is 10.6 Å². The second-order valence-electron chi connectivity index (χ2n) is 10.0. The molecule has 3 aliphatic carbocycles. The quantitative estimate of drug-likeness (QED) is 0.522. The highest BCUT2D eigenvalue weighted by atomic mass is 16.5. The molecule has 0 aliphatic heterocycles. The molecule has 7 nitrogen and oxygen atoms in total. The lowest BCUT2D eigenvalue weighted by Crippen LogP contribution is -2.55. The van der Waals surface area contributed by atoms with Crippen molar-refractivity contribution >= 4 is 18.0 Å². The van der Waals surface area contributed by atoms with Gasteiger partial charge in [-0.3, -0.25) is 4.79 Å². The highest BCUT2D eigenvalue weighted by Gasteiger charge is 2.40. The second kappa shape index (κ2) is 10.1. The Kier molecular flexibility index (Phi) is 6.75. The standard InChI is InChI=1S/C28H32N2O5/c31-26(29-25(27(32)33)17-8-2-1-3-9-17)24(18-14-15-18)30-28(34)35-16-23-21-12-6-4-10-19(21)20-11-5-7-13-22(20)23/h4-7,10-13,17-18,23-25H,1-3,8-9,14-16H2,(H,29,31)(H,30,34)(H,32,33). The van der Waals surface area contributed by atoms with Crippen molar-refractivity contribution < 1.29 is 24.2 Å². The molecule has 2 aromatic carbocycles. The first-order valence-electron chi connectivity index (χ1n) is 12.7. The Morgan fingerprint density at radius 2 is 1.37 bits per heavy atom. The Hall–Kier alpha value is -3.35. The molecule has 7 heteroatoms. The fraction of sp³-hybridized carbons (Fsp3) is 0.464. The van der Waals surface area contributed by atoms with Crippen molar-refractivity contribution in [1.82, 2.24) is 10.6 Å². The molecule has 184 valence electrons. The molecule has 0 saturated heterocycles. The first kappa shape index (κ1) is 23.4. The summed E-state index contributed by atoms with van der Waals surface area (Å²) in [6.07, 6.45) is 5.65. The molecular formula is C28H32N2O5. The molecule has 2 aromatic rings. The van der Waals surface area contributed by atoms with Crippen molar-refractivity contribution in [2.24, 2.45) is 11.8 Å². The van der Waals surface area contributed by atoms with Gasteiger partial charge in [-0.15, -0.1) is 0 Å². The predicted molar refractivity (Wildman–Crippen MR) is 131 cm³/mol. The molecular weight excluding hydrogens is 444 g/mol. The molecule has 0 aromatic heterocycles. The number of aliphatic carboxylic acids is 1. The lowest BCUT2D eigenvalue weighted by molar-refractivity contribution is -0.144. The van der Waals surface area contributed by atoms with Gasteiger partial charge in [0.1, 0.15) is 18.7 Å². The van der Waals surface area contributed by atoms with E-state index >= 15 is 0 Å². The molecule has 35 heavy (non-hydrogen) atoms. The number of carbonyl (C=O) groups excluding carboxylic acids is 2. The lowest BCUT2D eigenvalue weighted by atomic mass is 9.83. The highest BCUT2D eigenvalue weighted by Crippen LogP contribution is 2.44. The summed E-state index contributed by atoms with van der Waals surface area (Å²) < 4.78 is 5.62. The SMILES string of the molecule is O=C(NC(C(=O)NC(C(=O)O)C1CCCCC1)C1CC1)OCC1c2ccccc2-c2ccccc21. The van der Waals surface area contributed by atoms with Gasteiger partial charge in [0.2, 0.25) is 5.91 Å². The average Bonchev–Trinajstić information content (AvgIpc) is 3.67. The van der Waals surface area contributed by atoms with Crippen molar-refractivity contribution in [2.45, 2.75) is 62.9 Å². The summed E-state index contributed by atoms with van der Waals surface area (Å²) in [5.74, 6) is -1.57. The van der Waals surface area contributed by atoms with Gasteiger partial charge >= 0.3 is 12.1 Å². The number of nitrogens with one attached hydrogen (secondary N) is 2. The third-order valence-corrected chi connectivity index (χ3v) is 7.68. The largest absolute Gasteiger partial charge is 0.480 e. The molecule has 5 rings (SSSR count). The van der Waals surface area contributed by atoms with Gasteiger partial charge < -0.3 is 20.5 Å². The number of carboxylic acid groups (broad SMARTS) is 1. The summed E-state index contributed by atoms with van der Waals surface area (Å²) in [6, 6.07) is 14.5. The third-order valence-electron chi connectivity index (χ3n) is 7.68. The molecule has 0 heterocycles. The summed E-state index contributed by atoms with van der Waals surface area (Å²) in [7, 11) is 0. The molecule has 3 aliphatic rings. The highest BCUT2D eigenvalue weighted by molar-refractivity contribution is 5.90. The van der Waals surface area contributed by atoms with E-state index in [0.29, 0.717) is 0 Å². The fourth-order valence-corrected chi connectivity index (χ4v) is 5.69. The van der Waals surface area contributed by atoms with E-state index in [1.165, 1.54) is 0 Å². The number of rotatable bonds is 8. The van der Waals surface area contributed by atoms with E-state index in [2.05, 4.69) is 34.9 Å². The normalized spacial score (nSPS) is 19.2. The number of benzene rings is 2. The number of alkyl carbamates (subject to hydrolysis) is 1. The van der Waals surface area contributed by atoms with Crippen LogP contribution in [0.15, 0.2) is 48.5 Å². The van der Waals surface area contributed by atoms with Gasteiger partial charge in [0.05, 0.1) is 0 Å². The van der Waals surface area contributed by atoms with Crippen LogP contribution in [0.1, 0.15) is 62.0 Å². The maximum Gasteiger partial charge on any atom is 0.407 e. The van der Waals surface area contributed by atoms with Crippen molar-refractivity contribution in [2.75, 3.05) is 6.61 Å². The molecule has 0 spiro atoms. The molecule has 0 bridgehead atoms. The maximum atomic E-state index is 13.1. The first-order chi connectivity index (χ1) is 17.0. The number of fused-ring (bicyclic) bond motifs is 3. The summed E-state index contributed by atoms with van der Waals surface area (Å²) in [4.78, 5) is 37.7. The summed E-state index contributed by atoms with van der Waals surface area (Å²) in [5, 5.41) is 15.2. The third kappa shape index (κ3) is 5.04. The van der Waals surface area contributed by atoms with E-state index in [4.69, 9.17) is 4.74 Å². The summed E-state index contributed by atoms with van der Waals surface area (Å²) in [6.45, 7) is 0.165. The van der Waals surface area contributed by atoms with Gasteiger partial charge in [-0.2, -0.15) is 0 Å². The van der Waals surface area contributed by atoms with Gasteiger partial charge in [-0.25, -0.2) is 9.59 Å². The molecule has 2 saturated carbocycles. The van der Waals surface area contributed by atoms with Gasteiger partial charge in [0.15, 0.2) is 0 Å². The number of amides is 2. The Labute approximate surface area is 205 Å². The van der Waals surface area contributed by atoms with E-state index in [1.54, 1.807) is 0 Å². The minimum Gasteiger partial charge on any atom is -0.480 e. The topological polar surface area (TPSA) is 105 Å². The smallest absolute Gasteiger partial charge is 0.407 e. The van der Waals surface area contributed by atoms with Crippen molar-refractivity contribution in [3.05, 3.63) is 59.7 Å². The van der Waals surface area contributed by atoms with Crippen LogP contribution in [0, 0.1) is 11.8 Å². The Balaban J connectivity index is 1.22. The van der Waals surface area contributed by atoms with Crippen LogP contribution in [0.5, 0.6) is 0 Å².